The fourth-order valence-electron chi connectivity index (χ4n) is 2.52. The summed E-state index contributed by atoms with van der Waals surface area (Å²) in [5, 5.41) is 5.28. The van der Waals surface area contributed by atoms with Crippen LogP contribution in [0.2, 0.25) is 5.02 Å². The van der Waals surface area contributed by atoms with Gasteiger partial charge in [-0.25, -0.2) is 0 Å². The maximum atomic E-state index is 6.29. The van der Waals surface area contributed by atoms with Gasteiger partial charge in [0.05, 0.1) is 11.6 Å². The SMILES string of the molecule is CCCNCc1oc2c(Cl)cc(Br)cc2c1C1CC1. The quantitative estimate of drug-likeness (QED) is 0.753. The highest BCUT2D eigenvalue weighted by Gasteiger charge is 2.31. The van der Waals surface area contributed by atoms with E-state index in [9.17, 15) is 0 Å². The molecule has 0 atom stereocenters. The summed E-state index contributed by atoms with van der Waals surface area (Å²) in [5.74, 6) is 1.72. The fourth-order valence-corrected chi connectivity index (χ4v) is 3.37. The Hall–Kier alpha value is -0.510. The highest BCUT2D eigenvalue weighted by molar-refractivity contribution is 9.10. The second-order valence-electron chi connectivity index (χ2n) is 5.15. The molecule has 1 N–H and O–H groups in total. The largest absolute Gasteiger partial charge is 0.458 e. The van der Waals surface area contributed by atoms with Crippen molar-refractivity contribution in [1.82, 2.24) is 5.32 Å². The lowest BCUT2D eigenvalue weighted by atomic mass is 10.1. The smallest absolute Gasteiger partial charge is 0.153 e. The molecule has 0 bridgehead atoms. The van der Waals surface area contributed by atoms with Crippen molar-refractivity contribution < 1.29 is 4.42 Å². The van der Waals surface area contributed by atoms with E-state index in [0.717, 1.165) is 35.3 Å². The molecule has 102 valence electrons. The Morgan fingerprint density at radius 3 is 2.89 bits per heavy atom. The summed E-state index contributed by atoms with van der Waals surface area (Å²) in [6.07, 6.45) is 3.66. The van der Waals surface area contributed by atoms with Crippen molar-refractivity contribution in [1.29, 1.82) is 0 Å². The third-order valence-electron chi connectivity index (χ3n) is 3.52. The zero-order valence-electron chi connectivity index (χ0n) is 10.9. The zero-order valence-corrected chi connectivity index (χ0v) is 13.3. The van der Waals surface area contributed by atoms with Gasteiger partial charge in [-0.2, -0.15) is 0 Å². The van der Waals surface area contributed by atoms with Gasteiger partial charge in [0, 0.05) is 15.4 Å². The first kappa shape index (κ1) is 13.5. The Labute approximate surface area is 126 Å². The molecule has 0 unspecified atom stereocenters. The molecule has 4 heteroatoms. The van der Waals surface area contributed by atoms with Gasteiger partial charge in [0.2, 0.25) is 0 Å². The molecule has 0 spiro atoms. The number of rotatable bonds is 5. The minimum atomic E-state index is 0.657. The minimum Gasteiger partial charge on any atom is -0.458 e. The van der Waals surface area contributed by atoms with Crippen LogP contribution >= 0.6 is 27.5 Å². The third kappa shape index (κ3) is 2.69. The molecular weight excluding hydrogens is 326 g/mol. The van der Waals surface area contributed by atoms with Gasteiger partial charge in [-0.15, -0.1) is 0 Å². The maximum absolute atomic E-state index is 6.29. The van der Waals surface area contributed by atoms with E-state index in [-0.39, 0.29) is 0 Å². The predicted octanol–water partition coefficient (Wildman–Crippen LogP) is 5.23. The van der Waals surface area contributed by atoms with Gasteiger partial charge in [0.25, 0.3) is 0 Å². The normalized spacial score (nSPS) is 15.3. The molecule has 0 amide bonds. The second kappa shape index (κ2) is 5.47. The summed E-state index contributed by atoms with van der Waals surface area (Å²) < 4.78 is 7.03. The van der Waals surface area contributed by atoms with E-state index in [2.05, 4.69) is 34.2 Å². The average Bonchev–Trinajstić information content (AvgIpc) is 3.12. The van der Waals surface area contributed by atoms with E-state index >= 15 is 0 Å². The van der Waals surface area contributed by atoms with Crippen LogP contribution in [0.5, 0.6) is 0 Å². The summed E-state index contributed by atoms with van der Waals surface area (Å²) in [5.41, 5.74) is 2.20. The van der Waals surface area contributed by atoms with Crippen molar-refractivity contribution in [3.8, 4) is 0 Å². The molecule has 2 aromatic rings. The van der Waals surface area contributed by atoms with Gasteiger partial charge < -0.3 is 9.73 Å². The van der Waals surface area contributed by atoms with Crippen molar-refractivity contribution in [2.24, 2.45) is 0 Å². The van der Waals surface area contributed by atoms with E-state index in [1.54, 1.807) is 0 Å². The van der Waals surface area contributed by atoms with Crippen LogP contribution in [0.1, 0.15) is 43.4 Å². The molecule has 1 heterocycles. The standard InChI is InChI=1S/C15H17BrClNO/c1-2-5-18-8-13-14(9-3-4-9)11-6-10(16)7-12(17)15(11)19-13/h6-7,9,18H,2-5,8H2,1H3. The van der Waals surface area contributed by atoms with Crippen molar-refractivity contribution >= 4 is 38.5 Å². The lowest BCUT2D eigenvalue weighted by Gasteiger charge is -2.03. The second-order valence-corrected chi connectivity index (χ2v) is 6.48. The first-order valence-corrected chi connectivity index (χ1v) is 7.98. The third-order valence-corrected chi connectivity index (χ3v) is 4.26. The van der Waals surface area contributed by atoms with Crippen LogP contribution in [-0.4, -0.2) is 6.54 Å². The van der Waals surface area contributed by atoms with E-state index in [1.807, 2.05) is 6.07 Å². The van der Waals surface area contributed by atoms with Crippen LogP contribution < -0.4 is 5.32 Å². The molecule has 0 aliphatic heterocycles. The molecule has 2 nitrogen and oxygen atoms in total. The number of nitrogens with one attached hydrogen (secondary N) is 1. The summed E-state index contributed by atoms with van der Waals surface area (Å²) in [6, 6.07) is 4.02. The van der Waals surface area contributed by atoms with Crippen molar-refractivity contribution in [2.45, 2.75) is 38.6 Å². The van der Waals surface area contributed by atoms with E-state index < -0.39 is 0 Å². The Morgan fingerprint density at radius 2 is 2.21 bits per heavy atom. The molecule has 1 aliphatic carbocycles. The first-order valence-electron chi connectivity index (χ1n) is 6.81. The lowest BCUT2D eigenvalue weighted by molar-refractivity contribution is 0.507. The van der Waals surface area contributed by atoms with Gasteiger partial charge in [0.1, 0.15) is 5.76 Å². The summed E-state index contributed by atoms with van der Waals surface area (Å²) in [6.45, 7) is 3.97. The van der Waals surface area contributed by atoms with Crippen LogP contribution in [0.4, 0.5) is 0 Å². The molecule has 0 radical (unpaired) electrons. The monoisotopic (exact) mass is 341 g/mol. The number of hydrogen-bond acceptors (Lipinski definition) is 2. The molecule has 1 aromatic heterocycles. The fraction of sp³-hybridized carbons (Fsp3) is 0.467. The Kier molecular flexibility index (Phi) is 3.88. The van der Waals surface area contributed by atoms with Crippen LogP contribution in [0, 0.1) is 0 Å². The summed E-state index contributed by atoms with van der Waals surface area (Å²) in [4.78, 5) is 0. The minimum absolute atomic E-state index is 0.657. The molecular formula is C15H17BrClNO. The maximum Gasteiger partial charge on any atom is 0.153 e. The van der Waals surface area contributed by atoms with Gasteiger partial charge >= 0.3 is 0 Å². The van der Waals surface area contributed by atoms with Gasteiger partial charge in [0.15, 0.2) is 5.58 Å². The lowest BCUT2D eigenvalue weighted by Crippen LogP contribution is -2.14. The molecule has 3 rings (SSSR count). The summed E-state index contributed by atoms with van der Waals surface area (Å²) in [7, 11) is 0. The summed E-state index contributed by atoms with van der Waals surface area (Å²) >= 11 is 9.81. The number of hydrogen-bond donors (Lipinski definition) is 1. The van der Waals surface area contributed by atoms with Crippen LogP contribution in [0.3, 0.4) is 0 Å². The topological polar surface area (TPSA) is 25.2 Å². The number of benzene rings is 1. The Bertz CT molecular complexity index is 604. The van der Waals surface area contributed by atoms with Crippen molar-refractivity contribution in [3.05, 3.63) is 33.0 Å². The Morgan fingerprint density at radius 1 is 1.42 bits per heavy atom. The van der Waals surface area contributed by atoms with Gasteiger partial charge in [-0.05, 0) is 43.9 Å². The van der Waals surface area contributed by atoms with Crippen LogP contribution in [0.15, 0.2) is 21.0 Å². The molecule has 1 aliphatic rings. The van der Waals surface area contributed by atoms with Gasteiger partial charge in [-0.1, -0.05) is 34.5 Å². The van der Waals surface area contributed by atoms with Crippen LogP contribution in [-0.2, 0) is 6.54 Å². The van der Waals surface area contributed by atoms with E-state index in [1.165, 1.54) is 23.8 Å². The number of fused-ring (bicyclic) bond motifs is 1. The highest BCUT2D eigenvalue weighted by Crippen LogP contribution is 2.47. The number of furan rings is 1. The van der Waals surface area contributed by atoms with Crippen molar-refractivity contribution in [2.75, 3.05) is 6.54 Å². The average molecular weight is 343 g/mol. The van der Waals surface area contributed by atoms with Crippen LogP contribution in [0.25, 0.3) is 11.0 Å². The predicted molar refractivity (Wildman–Crippen MR) is 82.9 cm³/mol. The zero-order chi connectivity index (χ0) is 13.4. The molecule has 19 heavy (non-hydrogen) atoms. The molecule has 0 saturated heterocycles. The Balaban J connectivity index is 2.05. The number of halogens is 2. The van der Waals surface area contributed by atoms with E-state index in [4.69, 9.17) is 16.0 Å². The van der Waals surface area contributed by atoms with Crippen molar-refractivity contribution in [3.63, 3.8) is 0 Å². The van der Waals surface area contributed by atoms with E-state index in [0.29, 0.717) is 10.9 Å². The van der Waals surface area contributed by atoms with Gasteiger partial charge in [-0.3, -0.25) is 0 Å². The highest BCUT2D eigenvalue weighted by atomic mass is 79.9. The molecule has 1 fully saturated rings. The molecule has 1 aromatic carbocycles. The first-order chi connectivity index (χ1) is 9.20. The molecule has 1 saturated carbocycles.